The van der Waals surface area contributed by atoms with Crippen LogP contribution in [-0.4, -0.2) is 132 Å². The zero-order valence-corrected chi connectivity index (χ0v) is 58.1. The van der Waals surface area contributed by atoms with E-state index in [1.807, 2.05) is 34.6 Å². The summed E-state index contributed by atoms with van der Waals surface area (Å²) in [6, 6.07) is 11.6. The summed E-state index contributed by atoms with van der Waals surface area (Å²) in [5.74, 6) is -4.93. The number of likely N-dealkylation sites (tertiary alicyclic amines) is 1. The minimum absolute atomic E-state index is 0.0113. The third-order valence-electron chi connectivity index (χ3n) is 15.7. The molecule has 5 rings (SSSR count). The molecule has 1 aliphatic rings. The van der Waals surface area contributed by atoms with Gasteiger partial charge in [-0.2, -0.15) is 0 Å². The normalized spacial score (nSPS) is 15.7. The van der Waals surface area contributed by atoms with Gasteiger partial charge >= 0.3 is 5.97 Å². The summed E-state index contributed by atoms with van der Waals surface area (Å²) in [4.78, 5) is 95.7. The van der Waals surface area contributed by atoms with Crippen LogP contribution in [0.1, 0.15) is 130 Å². The van der Waals surface area contributed by atoms with Crippen molar-refractivity contribution in [1.29, 1.82) is 0 Å². The van der Waals surface area contributed by atoms with Crippen molar-refractivity contribution in [2.45, 2.75) is 187 Å². The van der Waals surface area contributed by atoms with Crippen LogP contribution in [0.25, 0.3) is 0 Å². The number of ether oxygens (including phenoxy) is 2. The molecule has 4 aromatic carbocycles. The predicted octanol–water partition coefficient (Wildman–Crippen LogP) is 6.03. The molecule has 4 aromatic rings. The molecule has 1 fully saturated rings. The number of hydrogen-bond donors (Lipinski definition) is 9. The smallest absolute Gasteiger partial charge is 0.328 e. The second kappa shape index (κ2) is 35.1. The van der Waals surface area contributed by atoms with E-state index in [0.717, 1.165) is 11.1 Å². The highest BCUT2D eigenvalue weighted by Crippen LogP contribution is 2.28. The number of guanidine groups is 2. The molecule has 24 nitrogen and oxygen atoms in total. The quantitative estimate of drug-likeness (QED) is 0.0117. The van der Waals surface area contributed by atoms with Crippen LogP contribution in [0.2, 0.25) is 10.0 Å². The average molecular weight is 1370 g/mol. The van der Waals surface area contributed by atoms with Gasteiger partial charge in [-0.25, -0.2) is 31.1 Å². The van der Waals surface area contributed by atoms with E-state index < -0.39 is 104 Å². The van der Waals surface area contributed by atoms with Crippen molar-refractivity contribution < 1.29 is 55.1 Å². The number of nitrogens with zero attached hydrogens (tertiary/aromatic N) is 3. The summed E-state index contributed by atoms with van der Waals surface area (Å²) in [6.07, 6.45) is 1.25. The van der Waals surface area contributed by atoms with E-state index in [1.54, 1.807) is 108 Å². The van der Waals surface area contributed by atoms with Crippen LogP contribution >= 0.6 is 23.2 Å². The molecule has 1 heterocycles. The highest BCUT2D eigenvalue weighted by atomic mass is 35.5. The number of aliphatic imine (C=N–C) groups is 2. The molecule has 1 saturated heterocycles. The monoisotopic (exact) mass is 1370 g/mol. The number of carbonyl (C=O) groups is 6. The highest BCUT2D eigenvalue weighted by Gasteiger charge is 2.40. The number of halogens is 2. The fourth-order valence-corrected chi connectivity index (χ4v) is 14.5. The van der Waals surface area contributed by atoms with Gasteiger partial charge in [-0.15, -0.1) is 0 Å². The van der Waals surface area contributed by atoms with Gasteiger partial charge in [0.25, 0.3) is 20.0 Å². The fraction of sp³-hybridized carbons (Fsp3) is 0.508. The summed E-state index contributed by atoms with van der Waals surface area (Å²) >= 11 is 12.8. The molecule has 0 aromatic heterocycles. The molecule has 93 heavy (non-hydrogen) atoms. The lowest BCUT2D eigenvalue weighted by molar-refractivity contribution is -0.148. The molecule has 28 heteroatoms. The van der Waals surface area contributed by atoms with E-state index in [0.29, 0.717) is 62.0 Å². The Morgan fingerprint density at radius 3 is 1.70 bits per heavy atom. The number of aryl methyl sites for hydroxylation is 6. The zero-order valence-electron chi connectivity index (χ0n) is 54.9. The molecular weight excluding hydrogens is 1280 g/mol. The van der Waals surface area contributed by atoms with Gasteiger partial charge in [-0.1, -0.05) is 111 Å². The molecule has 0 radical (unpaired) electrons. The van der Waals surface area contributed by atoms with Gasteiger partial charge in [0.1, 0.15) is 42.6 Å². The van der Waals surface area contributed by atoms with Gasteiger partial charge in [0.2, 0.25) is 41.5 Å². The first-order valence-electron chi connectivity index (χ1n) is 31.2. The van der Waals surface area contributed by atoms with E-state index >= 15 is 0 Å². The maximum atomic E-state index is 15.0. The topological polar surface area (TPSA) is 367 Å². The summed E-state index contributed by atoms with van der Waals surface area (Å²) in [5.41, 5.74) is 23.5. The van der Waals surface area contributed by atoms with Gasteiger partial charge in [-0.3, -0.25) is 34.0 Å². The molecule has 0 aliphatic carbocycles. The van der Waals surface area contributed by atoms with Crippen molar-refractivity contribution in [3.63, 3.8) is 0 Å². The number of hydrogen-bond acceptors (Lipinski definition) is 15. The van der Waals surface area contributed by atoms with Crippen LogP contribution < -0.4 is 52.6 Å². The maximum absolute atomic E-state index is 15.0. The van der Waals surface area contributed by atoms with E-state index in [9.17, 15) is 45.6 Å². The van der Waals surface area contributed by atoms with Gasteiger partial charge in [0.15, 0.2) is 0 Å². The van der Waals surface area contributed by atoms with Crippen LogP contribution in [0.15, 0.2) is 86.5 Å². The Morgan fingerprint density at radius 2 is 1.19 bits per heavy atom. The molecule has 0 saturated carbocycles. The van der Waals surface area contributed by atoms with E-state index in [1.165, 1.54) is 4.90 Å². The second-order valence-corrected chi connectivity index (χ2v) is 28.1. The highest BCUT2D eigenvalue weighted by molar-refractivity contribution is 7.90. The molecule has 1 aliphatic heterocycles. The molecular formula is C65H92Cl2N12O12S2. The Bertz CT molecular complexity index is 3540. The largest absolute Gasteiger partial charge is 0.489 e. The van der Waals surface area contributed by atoms with Gasteiger partial charge in [-0.05, 0) is 157 Å². The Morgan fingerprint density at radius 1 is 0.677 bits per heavy atom. The molecule has 0 spiro atoms. The molecule has 0 bridgehead atoms. The number of benzene rings is 4. The van der Waals surface area contributed by atoms with Crippen LogP contribution in [0.5, 0.6) is 5.75 Å². The van der Waals surface area contributed by atoms with Crippen LogP contribution in [-0.2, 0) is 66.6 Å². The number of rotatable bonds is 32. The Hall–Kier alpha value is -7.52. The zero-order chi connectivity index (χ0) is 69.1. The second-order valence-electron chi connectivity index (χ2n) is 24.1. The number of nitrogens with one attached hydrogen (secondary N) is 6. The number of amides is 5. The lowest BCUT2D eigenvalue weighted by Crippen LogP contribution is -2.60. The lowest BCUT2D eigenvalue weighted by atomic mass is 9.96. The van der Waals surface area contributed by atoms with Crippen molar-refractivity contribution in [2.24, 2.45) is 39.0 Å². The number of carbonyl (C=O) groups excluding carboxylic acids is 6. The molecule has 0 unspecified atom stereocenters. The van der Waals surface area contributed by atoms with Gasteiger partial charge in [0.05, 0.1) is 22.4 Å². The standard InChI is InChI=1S/C65H92Cl2N12O12S2/c1-12-40(7)55(61(83)75-53(30-37(3)4)63(85)90-13-2)76-59(81)52(35-45-23-25-46(26-24-45)91-36-47-48(66)18-14-19-49(47)67)74-60(82)54-22-17-29-79(54)62(84)51(21-16-28-72-65(70)78-93(88,89)57-43(10)33-39(6)34-44(57)11)73-58(80)50(68)20-15-27-71-64(69)77-92(86,87)56-41(8)31-38(5)32-42(56)9/h14,18-19,23-26,31-34,37,40,50-55H,12-13,15-17,20-22,27-30,35-36,68H2,1-11H3,(H,73,80)(H,74,82)(H,75,83)(H,76,81)(H3,69,71,77)(H3,70,72,78)/t40-,50-,51-,52-,53-,54-,55-/m0/s1. The third-order valence-corrected chi connectivity index (χ3v) is 19.8. The Balaban J connectivity index is 1.40. The van der Waals surface area contributed by atoms with Crippen LogP contribution in [0.3, 0.4) is 0 Å². The minimum Gasteiger partial charge on any atom is -0.489 e. The molecule has 5 amide bonds. The maximum Gasteiger partial charge on any atom is 0.328 e. The first kappa shape index (κ1) is 76.2. The first-order chi connectivity index (χ1) is 43.8. The van der Waals surface area contributed by atoms with E-state index in [4.69, 9.17) is 49.9 Å². The van der Waals surface area contributed by atoms with Crippen molar-refractivity contribution in [3.05, 3.63) is 121 Å². The molecule has 7 atom stereocenters. The summed E-state index contributed by atoms with van der Waals surface area (Å²) in [6.45, 7) is 19.5. The van der Waals surface area contributed by atoms with Crippen molar-refractivity contribution in [1.82, 2.24) is 35.6 Å². The lowest BCUT2D eigenvalue weighted by Gasteiger charge is -2.31. The Kier molecular flexibility index (Phi) is 28.8. The molecule has 510 valence electrons. The SMILES string of the molecule is CCOC(=O)[C@H](CC(C)C)NC(=O)[C@@H](NC(=O)[C@H](Cc1ccc(OCc2c(Cl)cccc2Cl)cc1)NC(=O)[C@@H]1CCCN1C(=O)[C@H](CCCN=C(N)NS(=O)(=O)c1c(C)cc(C)cc1C)NC(=O)[C@@H](N)CCCN=C(N)NS(=O)(=O)c1c(C)cc(C)cc1C)[C@@H](C)CC. The van der Waals surface area contributed by atoms with Crippen molar-refractivity contribution >= 4 is 90.7 Å². The summed E-state index contributed by atoms with van der Waals surface area (Å²) in [7, 11) is -8.25. The van der Waals surface area contributed by atoms with Crippen LogP contribution in [0, 0.1) is 53.4 Å². The number of esters is 1. The molecule has 12 N–H and O–H groups in total. The predicted molar refractivity (Wildman–Crippen MR) is 360 cm³/mol. The minimum atomic E-state index is -4.16. The number of nitrogens with two attached hydrogens (primary N) is 3. The van der Waals surface area contributed by atoms with Crippen molar-refractivity contribution in [2.75, 3.05) is 26.2 Å². The number of sulfonamides is 2. The third kappa shape index (κ3) is 22.3. The summed E-state index contributed by atoms with van der Waals surface area (Å²) in [5, 5.41) is 12.1. The first-order valence-corrected chi connectivity index (χ1v) is 34.9. The summed E-state index contributed by atoms with van der Waals surface area (Å²) < 4.78 is 69.5. The van der Waals surface area contributed by atoms with Crippen LogP contribution in [0.4, 0.5) is 0 Å². The van der Waals surface area contributed by atoms with Gasteiger partial charge in [0, 0.05) is 41.7 Å². The van der Waals surface area contributed by atoms with E-state index in [2.05, 4.69) is 40.7 Å². The van der Waals surface area contributed by atoms with Gasteiger partial charge < -0.3 is 52.8 Å². The Labute approximate surface area is 557 Å². The fourth-order valence-electron chi connectivity index (χ4n) is 11.2. The van der Waals surface area contributed by atoms with Crippen molar-refractivity contribution in [3.8, 4) is 5.75 Å². The average Bonchev–Trinajstić information content (AvgIpc) is 1.18. The van der Waals surface area contributed by atoms with E-state index in [-0.39, 0.29) is 99.5 Å².